The fourth-order valence-corrected chi connectivity index (χ4v) is 2.10. The van der Waals surface area contributed by atoms with E-state index in [2.05, 4.69) is 0 Å². The van der Waals surface area contributed by atoms with Crippen LogP contribution >= 0.6 is 11.6 Å². The van der Waals surface area contributed by atoms with E-state index in [1.165, 1.54) is 12.1 Å². The Morgan fingerprint density at radius 2 is 1.37 bits per heavy atom. The molecule has 1 atom stereocenters. The largest absolute Gasteiger partial charge is 0.491 e. The normalized spacial score (nSPS) is 12.5. The van der Waals surface area contributed by atoms with Crippen LogP contribution in [0, 0.1) is 5.82 Å². The summed E-state index contributed by atoms with van der Waals surface area (Å²) in [6.45, 7) is 3.97. The zero-order valence-corrected chi connectivity index (χ0v) is 11.7. The smallest absolute Gasteiger partial charge is 0.123 e. The van der Waals surface area contributed by atoms with Gasteiger partial charge in [0.15, 0.2) is 0 Å². The Bertz CT molecular complexity index is 519. The Hall–Kier alpha value is -1.54. The number of benzene rings is 2. The highest BCUT2D eigenvalue weighted by atomic mass is 35.5. The lowest BCUT2D eigenvalue weighted by molar-refractivity contribution is 0.242. The number of rotatable bonds is 4. The molecule has 2 aromatic carbocycles. The van der Waals surface area contributed by atoms with E-state index >= 15 is 0 Å². The average molecular weight is 279 g/mol. The van der Waals surface area contributed by atoms with Gasteiger partial charge in [-0.05, 0) is 49.2 Å². The number of ether oxygens (including phenoxy) is 1. The van der Waals surface area contributed by atoms with E-state index in [4.69, 9.17) is 16.3 Å². The van der Waals surface area contributed by atoms with Gasteiger partial charge < -0.3 is 4.74 Å². The summed E-state index contributed by atoms with van der Waals surface area (Å²) in [6.07, 6.45) is 0.148. The van der Waals surface area contributed by atoms with Crippen LogP contribution in [0.4, 0.5) is 4.39 Å². The highest BCUT2D eigenvalue weighted by Crippen LogP contribution is 2.30. The molecule has 100 valence electrons. The Kier molecular flexibility index (Phi) is 4.43. The van der Waals surface area contributed by atoms with Gasteiger partial charge in [-0.1, -0.05) is 24.3 Å². The second kappa shape index (κ2) is 6.07. The van der Waals surface area contributed by atoms with Crippen molar-refractivity contribution >= 4 is 11.6 Å². The molecule has 19 heavy (non-hydrogen) atoms. The van der Waals surface area contributed by atoms with Crippen molar-refractivity contribution in [3.8, 4) is 5.75 Å². The van der Waals surface area contributed by atoms with E-state index in [1.807, 2.05) is 38.1 Å². The molecular formula is C16H16ClFO. The minimum atomic E-state index is -0.284. The standard InChI is InChI=1S/C16H16ClFO/c1-11(2)19-15-9-5-13(6-10-15)16(17)12-3-7-14(18)8-4-12/h3-11,16H,1-2H3. The van der Waals surface area contributed by atoms with Gasteiger partial charge in [-0.25, -0.2) is 4.39 Å². The molecule has 0 heterocycles. The SMILES string of the molecule is CC(C)Oc1ccc(C(Cl)c2ccc(F)cc2)cc1. The summed E-state index contributed by atoms with van der Waals surface area (Å²) in [7, 11) is 0. The summed E-state index contributed by atoms with van der Waals surface area (Å²) < 4.78 is 18.4. The molecule has 0 saturated heterocycles. The van der Waals surface area contributed by atoms with Gasteiger partial charge in [-0.2, -0.15) is 0 Å². The first-order chi connectivity index (χ1) is 9.06. The first-order valence-electron chi connectivity index (χ1n) is 6.22. The third-order valence-corrected chi connectivity index (χ3v) is 3.21. The van der Waals surface area contributed by atoms with Gasteiger partial charge in [0.05, 0.1) is 11.5 Å². The summed E-state index contributed by atoms with van der Waals surface area (Å²) in [4.78, 5) is 0. The first kappa shape index (κ1) is 13.9. The van der Waals surface area contributed by atoms with Crippen molar-refractivity contribution in [2.75, 3.05) is 0 Å². The molecule has 0 aliphatic rings. The molecular weight excluding hydrogens is 263 g/mol. The van der Waals surface area contributed by atoms with Crippen LogP contribution in [0.1, 0.15) is 30.4 Å². The molecule has 2 rings (SSSR count). The van der Waals surface area contributed by atoms with E-state index in [0.29, 0.717) is 0 Å². The van der Waals surface area contributed by atoms with Crippen molar-refractivity contribution in [2.24, 2.45) is 0 Å². The Labute approximate surface area is 118 Å². The molecule has 0 fully saturated rings. The molecule has 2 aromatic rings. The predicted octanol–water partition coefficient (Wildman–Crippen LogP) is 4.94. The maximum absolute atomic E-state index is 12.9. The van der Waals surface area contributed by atoms with E-state index in [9.17, 15) is 4.39 Å². The van der Waals surface area contributed by atoms with Crippen molar-refractivity contribution < 1.29 is 9.13 Å². The molecule has 0 aliphatic carbocycles. The molecule has 0 aliphatic heterocycles. The van der Waals surface area contributed by atoms with Gasteiger partial charge >= 0.3 is 0 Å². The van der Waals surface area contributed by atoms with E-state index < -0.39 is 0 Å². The number of alkyl halides is 1. The predicted molar refractivity (Wildman–Crippen MR) is 76.3 cm³/mol. The summed E-state index contributed by atoms with van der Waals surface area (Å²) in [5.74, 6) is 0.565. The highest BCUT2D eigenvalue weighted by Gasteiger charge is 2.11. The van der Waals surface area contributed by atoms with Crippen molar-refractivity contribution in [2.45, 2.75) is 25.3 Å². The fourth-order valence-electron chi connectivity index (χ4n) is 1.81. The van der Waals surface area contributed by atoms with Crippen LogP contribution < -0.4 is 4.74 Å². The molecule has 0 radical (unpaired) electrons. The van der Waals surface area contributed by atoms with Gasteiger partial charge in [0.25, 0.3) is 0 Å². The lowest BCUT2D eigenvalue weighted by Crippen LogP contribution is -2.05. The monoisotopic (exact) mass is 278 g/mol. The molecule has 1 nitrogen and oxygen atoms in total. The number of halogens is 2. The van der Waals surface area contributed by atoms with E-state index in [1.54, 1.807) is 12.1 Å². The number of hydrogen-bond donors (Lipinski definition) is 0. The molecule has 0 aromatic heterocycles. The van der Waals surface area contributed by atoms with Crippen LogP contribution in [-0.4, -0.2) is 6.10 Å². The minimum Gasteiger partial charge on any atom is -0.491 e. The van der Waals surface area contributed by atoms with E-state index in [0.717, 1.165) is 16.9 Å². The zero-order valence-electron chi connectivity index (χ0n) is 10.9. The summed E-state index contributed by atoms with van der Waals surface area (Å²) >= 11 is 6.38. The van der Waals surface area contributed by atoms with Crippen molar-refractivity contribution in [1.29, 1.82) is 0 Å². The molecule has 0 N–H and O–H groups in total. The molecule has 1 unspecified atom stereocenters. The van der Waals surface area contributed by atoms with Gasteiger partial charge in [0.2, 0.25) is 0 Å². The van der Waals surface area contributed by atoms with Crippen LogP contribution in [0.5, 0.6) is 5.75 Å². The van der Waals surface area contributed by atoms with Crippen LogP contribution in [0.2, 0.25) is 0 Å². The molecule has 0 spiro atoms. The van der Waals surface area contributed by atoms with Gasteiger partial charge in [0.1, 0.15) is 11.6 Å². The van der Waals surface area contributed by atoms with Crippen molar-refractivity contribution in [3.05, 3.63) is 65.5 Å². The Morgan fingerprint density at radius 3 is 1.84 bits per heavy atom. The van der Waals surface area contributed by atoms with Crippen LogP contribution in [0.3, 0.4) is 0 Å². The van der Waals surface area contributed by atoms with Crippen LogP contribution in [0.15, 0.2) is 48.5 Å². The first-order valence-corrected chi connectivity index (χ1v) is 6.66. The third-order valence-electron chi connectivity index (χ3n) is 2.71. The molecule has 3 heteroatoms. The topological polar surface area (TPSA) is 9.23 Å². The van der Waals surface area contributed by atoms with Crippen molar-refractivity contribution in [1.82, 2.24) is 0 Å². The maximum atomic E-state index is 12.9. The lowest BCUT2D eigenvalue weighted by atomic mass is 10.0. The molecule has 0 bridgehead atoms. The van der Waals surface area contributed by atoms with Gasteiger partial charge in [-0.3, -0.25) is 0 Å². The summed E-state index contributed by atoms with van der Waals surface area (Å²) in [5, 5.41) is -0.284. The maximum Gasteiger partial charge on any atom is 0.123 e. The zero-order chi connectivity index (χ0) is 13.8. The van der Waals surface area contributed by atoms with Crippen molar-refractivity contribution in [3.63, 3.8) is 0 Å². The minimum absolute atomic E-state index is 0.148. The fraction of sp³-hybridized carbons (Fsp3) is 0.250. The van der Waals surface area contributed by atoms with Crippen LogP contribution in [-0.2, 0) is 0 Å². The Morgan fingerprint density at radius 1 is 0.895 bits per heavy atom. The summed E-state index contributed by atoms with van der Waals surface area (Å²) in [5.41, 5.74) is 1.84. The molecule has 0 saturated carbocycles. The quantitative estimate of drug-likeness (QED) is 0.720. The summed E-state index contributed by atoms with van der Waals surface area (Å²) in [6, 6.07) is 13.9. The van der Waals surface area contributed by atoms with Gasteiger partial charge in [-0.15, -0.1) is 11.6 Å². The second-order valence-electron chi connectivity index (χ2n) is 4.65. The third kappa shape index (κ3) is 3.71. The van der Waals surface area contributed by atoms with E-state index in [-0.39, 0.29) is 17.3 Å². The lowest BCUT2D eigenvalue weighted by Gasteiger charge is -2.13. The second-order valence-corrected chi connectivity index (χ2v) is 5.09. The number of hydrogen-bond acceptors (Lipinski definition) is 1. The van der Waals surface area contributed by atoms with Crippen LogP contribution in [0.25, 0.3) is 0 Å². The average Bonchev–Trinajstić information content (AvgIpc) is 2.39. The van der Waals surface area contributed by atoms with Gasteiger partial charge in [0, 0.05) is 0 Å². The highest BCUT2D eigenvalue weighted by molar-refractivity contribution is 6.22. The molecule has 0 amide bonds. The Balaban J connectivity index is 2.15.